The van der Waals surface area contributed by atoms with E-state index in [9.17, 15) is 10.1 Å². The molecule has 5 nitrogen and oxygen atoms in total. The number of benzene rings is 3. The van der Waals surface area contributed by atoms with Crippen molar-refractivity contribution in [3.8, 4) is 11.8 Å². The summed E-state index contributed by atoms with van der Waals surface area (Å²) >= 11 is 6.43. The number of para-hydroxylation sites is 2. The smallest absolute Gasteiger partial charge is 0.243 e. The van der Waals surface area contributed by atoms with Crippen LogP contribution in [0.1, 0.15) is 17.0 Å². The lowest BCUT2D eigenvalue weighted by Gasteiger charge is -2.14. The summed E-state index contributed by atoms with van der Waals surface area (Å²) in [5.74, 6) is -0.0721. The lowest BCUT2D eigenvalue weighted by atomic mass is 9.92. The van der Waals surface area contributed by atoms with Crippen molar-refractivity contribution in [1.29, 1.82) is 5.26 Å². The number of hydrogen-bond donors (Lipinski definition) is 2. The highest BCUT2D eigenvalue weighted by Crippen LogP contribution is 2.31. The lowest BCUT2D eigenvalue weighted by molar-refractivity contribution is -0.114. The normalized spacial score (nSPS) is 11.2. The number of methoxy groups -OCH3 is 1. The van der Waals surface area contributed by atoms with Crippen LogP contribution in [0.25, 0.3) is 0 Å². The van der Waals surface area contributed by atoms with Gasteiger partial charge >= 0.3 is 0 Å². The van der Waals surface area contributed by atoms with E-state index in [0.717, 1.165) is 11.1 Å². The predicted molar refractivity (Wildman–Crippen MR) is 115 cm³/mol. The van der Waals surface area contributed by atoms with Gasteiger partial charge in [-0.3, -0.25) is 4.79 Å². The van der Waals surface area contributed by atoms with Gasteiger partial charge in [0.15, 0.2) is 0 Å². The molecule has 0 aliphatic rings. The van der Waals surface area contributed by atoms with Gasteiger partial charge in [-0.05, 0) is 35.4 Å². The summed E-state index contributed by atoms with van der Waals surface area (Å²) in [5.41, 5.74) is 2.91. The fraction of sp³-hybridized carbons (Fsp3) is 0.130. The van der Waals surface area contributed by atoms with E-state index >= 15 is 0 Å². The second-order valence-corrected chi connectivity index (χ2v) is 6.72. The van der Waals surface area contributed by atoms with Crippen molar-refractivity contribution in [2.24, 2.45) is 0 Å². The molecule has 2 N–H and O–H groups in total. The Hall–Kier alpha value is -3.49. The maximum Gasteiger partial charge on any atom is 0.243 e. The summed E-state index contributed by atoms with van der Waals surface area (Å²) in [6.07, 6.45) is 0. The number of nitrogens with zero attached hydrogens (tertiary/aromatic N) is 1. The van der Waals surface area contributed by atoms with E-state index in [4.69, 9.17) is 16.3 Å². The van der Waals surface area contributed by atoms with Gasteiger partial charge < -0.3 is 15.4 Å². The van der Waals surface area contributed by atoms with Crippen LogP contribution in [0.3, 0.4) is 0 Å². The minimum atomic E-state index is -0.452. The van der Waals surface area contributed by atoms with Crippen molar-refractivity contribution in [3.05, 3.63) is 88.9 Å². The standard InChI is InChI=1S/C23H20ClN3O2/c1-29-22-10-6-5-9-21(22)27-23(28)15-26-17-11-12-18(20(24)13-17)19(14-25)16-7-3-2-4-8-16/h2-13,19,26H,15H2,1H3,(H,27,28)/t19-/m0/s1. The molecule has 3 aromatic carbocycles. The number of amides is 1. The molecule has 0 fully saturated rings. The minimum absolute atomic E-state index is 0.0636. The summed E-state index contributed by atoms with van der Waals surface area (Å²) in [6.45, 7) is 0.0636. The highest BCUT2D eigenvalue weighted by Gasteiger charge is 2.17. The number of nitriles is 1. The summed E-state index contributed by atoms with van der Waals surface area (Å²) < 4.78 is 5.23. The van der Waals surface area contributed by atoms with Gasteiger partial charge in [0.05, 0.1) is 31.3 Å². The van der Waals surface area contributed by atoms with E-state index in [0.29, 0.717) is 22.1 Å². The fourth-order valence-corrected chi connectivity index (χ4v) is 3.25. The van der Waals surface area contributed by atoms with E-state index < -0.39 is 5.92 Å². The number of hydrogen-bond acceptors (Lipinski definition) is 4. The molecule has 0 heterocycles. The molecule has 3 rings (SSSR count). The maximum atomic E-state index is 12.2. The Morgan fingerprint density at radius 1 is 1.10 bits per heavy atom. The third-order valence-electron chi connectivity index (χ3n) is 4.41. The van der Waals surface area contributed by atoms with Crippen molar-refractivity contribution < 1.29 is 9.53 Å². The molecule has 1 amide bonds. The van der Waals surface area contributed by atoms with Crippen LogP contribution in [0, 0.1) is 11.3 Å². The minimum Gasteiger partial charge on any atom is -0.495 e. The molecule has 0 aliphatic heterocycles. The Kier molecular flexibility index (Phi) is 6.72. The molecule has 0 aromatic heterocycles. The van der Waals surface area contributed by atoms with Crippen LogP contribution in [0.4, 0.5) is 11.4 Å². The van der Waals surface area contributed by atoms with Gasteiger partial charge in [0.1, 0.15) is 5.75 Å². The van der Waals surface area contributed by atoms with E-state index in [2.05, 4.69) is 16.7 Å². The first kappa shape index (κ1) is 20.2. The molecule has 0 bridgehead atoms. The van der Waals surface area contributed by atoms with Crippen LogP contribution in [-0.4, -0.2) is 19.6 Å². The molecule has 0 saturated heterocycles. The van der Waals surface area contributed by atoms with Gasteiger partial charge in [-0.2, -0.15) is 5.26 Å². The van der Waals surface area contributed by atoms with Crippen LogP contribution in [0.15, 0.2) is 72.8 Å². The van der Waals surface area contributed by atoms with E-state index in [1.807, 2.05) is 54.6 Å². The van der Waals surface area contributed by atoms with Crippen molar-refractivity contribution >= 4 is 28.9 Å². The molecule has 0 radical (unpaired) electrons. The topological polar surface area (TPSA) is 74.2 Å². The van der Waals surface area contributed by atoms with E-state index in [1.165, 1.54) is 0 Å². The van der Waals surface area contributed by atoms with Crippen molar-refractivity contribution in [1.82, 2.24) is 0 Å². The first-order chi connectivity index (χ1) is 14.1. The van der Waals surface area contributed by atoms with Crippen molar-refractivity contribution in [2.45, 2.75) is 5.92 Å². The highest BCUT2D eigenvalue weighted by molar-refractivity contribution is 6.31. The first-order valence-electron chi connectivity index (χ1n) is 9.03. The quantitative estimate of drug-likeness (QED) is 0.576. The van der Waals surface area contributed by atoms with Crippen LogP contribution >= 0.6 is 11.6 Å². The molecule has 0 unspecified atom stereocenters. The Bertz CT molecular complexity index is 1030. The number of ether oxygens (including phenoxy) is 1. The zero-order valence-corrected chi connectivity index (χ0v) is 16.6. The second kappa shape index (κ2) is 9.63. The Labute approximate surface area is 174 Å². The van der Waals surface area contributed by atoms with Gasteiger partial charge in [-0.25, -0.2) is 0 Å². The number of carbonyl (C=O) groups is 1. The number of nitrogens with one attached hydrogen (secondary N) is 2. The van der Waals surface area contributed by atoms with Gasteiger partial charge in [-0.1, -0.05) is 60.1 Å². The van der Waals surface area contributed by atoms with Crippen LogP contribution in [0.5, 0.6) is 5.75 Å². The number of rotatable bonds is 7. The third kappa shape index (κ3) is 5.07. The molecule has 0 aliphatic carbocycles. The zero-order valence-electron chi connectivity index (χ0n) is 15.9. The molecule has 29 heavy (non-hydrogen) atoms. The van der Waals surface area contributed by atoms with Gasteiger partial charge in [0, 0.05) is 10.7 Å². The molecule has 3 aromatic rings. The fourth-order valence-electron chi connectivity index (χ4n) is 2.96. The van der Waals surface area contributed by atoms with E-state index in [1.54, 1.807) is 25.3 Å². The maximum absolute atomic E-state index is 12.2. The third-order valence-corrected chi connectivity index (χ3v) is 4.73. The molecular formula is C23H20ClN3O2. The Morgan fingerprint density at radius 2 is 1.83 bits per heavy atom. The van der Waals surface area contributed by atoms with Crippen LogP contribution in [0.2, 0.25) is 5.02 Å². The highest BCUT2D eigenvalue weighted by atomic mass is 35.5. The van der Waals surface area contributed by atoms with Gasteiger partial charge in [-0.15, -0.1) is 0 Å². The summed E-state index contributed by atoms with van der Waals surface area (Å²) in [4.78, 5) is 12.2. The molecule has 0 spiro atoms. The average Bonchev–Trinajstić information content (AvgIpc) is 2.75. The largest absolute Gasteiger partial charge is 0.495 e. The SMILES string of the molecule is COc1ccccc1NC(=O)CNc1ccc([C@@H](C#N)c2ccccc2)c(Cl)c1. The van der Waals surface area contributed by atoms with Crippen molar-refractivity contribution in [3.63, 3.8) is 0 Å². The Morgan fingerprint density at radius 3 is 2.52 bits per heavy atom. The van der Waals surface area contributed by atoms with E-state index in [-0.39, 0.29) is 12.5 Å². The molecular weight excluding hydrogens is 386 g/mol. The Balaban J connectivity index is 1.66. The first-order valence-corrected chi connectivity index (χ1v) is 9.41. The lowest BCUT2D eigenvalue weighted by Crippen LogP contribution is -2.22. The number of carbonyl (C=O) groups excluding carboxylic acids is 1. The number of halogens is 1. The summed E-state index contributed by atoms with van der Waals surface area (Å²) in [6, 6.07) is 24.3. The monoisotopic (exact) mass is 405 g/mol. The summed E-state index contributed by atoms with van der Waals surface area (Å²) in [7, 11) is 1.55. The van der Waals surface area contributed by atoms with Crippen molar-refractivity contribution in [2.75, 3.05) is 24.3 Å². The molecule has 0 saturated carbocycles. The molecule has 146 valence electrons. The average molecular weight is 406 g/mol. The zero-order chi connectivity index (χ0) is 20.6. The number of anilines is 2. The van der Waals surface area contributed by atoms with Gasteiger partial charge in [0.2, 0.25) is 5.91 Å². The molecule has 1 atom stereocenters. The second-order valence-electron chi connectivity index (χ2n) is 6.31. The van der Waals surface area contributed by atoms with Crippen LogP contribution in [-0.2, 0) is 4.79 Å². The molecule has 6 heteroatoms. The van der Waals surface area contributed by atoms with Crippen LogP contribution < -0.4 is 15.4 Å². The van der Waals surface area contributed by atoms with Gasteiger partial charge in [0.25, 0.3) is 0 Å². The summed E-state index contributed by atoms with van der Waals surface area (Å²) in [5, 5.41) is 15.9. The predicted octanol–water partition coefficient (Wildman–Crippen LogP) is 5.05.